The van der Waals surface area contributed by atoms with Crippen LogP contribution in [0, 0.1) is 5.92 Å². The maximum absolute atomic E-state index is 11.8. The summed E-state index contributed by atoms with van der Waals surface area (Å²) >= 11 is 0. The molecule has 2 aliphatic rings. The van der Waals surface area contributed by atoms with Gasteiger partial charge in [0.05, 0.1) is 13.0 Å². The summed E-state index contributed by atoms with van der Waals surface area (Å²) in [5.74, 6) is 0.781. The smallest absolute Gasteiger partial charge is 0.308 e. The monoisotopic (exact) mass is 370 g/mol. The van der Waals surface area contributed by atoms with E-state index in [0.29, 0.717) is 44.3 Å². The van der Waals surface area contributed by atoms with Crippen LogP contribution in [-0.4, -0.2) is 54.4 Å². The average Bonchev–Trinajstić information content (AvgIpc) is 3.12. The van der Waals surface area contributed by atoms with Gasteiger partial charge >= 0.3 is 5.97 Å². The van der Waals surface area contributed by atoms with Crippen molar-refractivity contribution >= 4 is 5.97 Å². The van der Waals surface area contributed by atoms with Gasteiger partial charge in [-0.1, -0.05) is 6.07 Å². The van der Waals surface area contributed by atoms with Crippen molar-refractivity contribution in [3.63, 3.8) is 0 Å². The second-order valence-corrected chi connectivity index (χ2v) is 6.84. The molecule has 2 aromatic rings. The molecule has 0 bridgehead atoms. The minimum Gasteiger partial charge on any atom is -0.496 e. The molecule has 0 spiro atoms. The van der Waals surface area contributed by atoms with Crippen molar-refractivity contribution in [3.05, 3.63) is 47.8 Å². The number of methoxy groups -OCH3 is 1. The predicted octanol–water partition coefficient (Wildman–Crippen LogP) is 2.16. The third kappa shape index (κ3) is 3.55. The summed E-state index contributed by atoms with van der Waals surface area (Å²) < 4.78 is 16.8. The number of fused-ring (bicyclic) bond motifs is 1. The number of nitrogens with zero attached hydrogens (tertiary/aromatic N) is 2. The highest BCUT2D eigenvalue weighted by atomic mass is 16.6. The summed E-state index contributed by atoms with van der Waals surface area (Å²) in [5, 5.41) is 9.68. The summed E-state index contributed by atoms with van der Waals surface area (Å²) in [6.45, 7) is 2.76. The van der Waals surface area contributed by atoms with Gasteiger partial charge in [0.2, 0.25) is 0 Å². The van der Waals surface area contributed by atoms with Gasteiger partial charge in [-0.25, -0.2) is 0 Å². The molecule has 2 atom stereocenters. The van der Waals surface area contributed by atoms with E-state index in [1.54, 1.807) is 19.5 Å². The van der Waals surface area contributed by atoms with Crippen LogP contribution in [0.15, 0.2) is 36.7 Å². The van der Waals surface area contributed by atoms with E-state index in [1.165, 1.54) is 0 Å². The molecule has 3 heterocycles. The molecule has 0 saturated carbocycles. The van der Waals surface area contributed by atoms with E-state index in [1.807, 2.05) is 24.3 Å². The zero-order valence-corrected chi connectivity index (χ0v) is 15.1. The van der Waals surface area contributed by atoms with Gasteiger partial charge < -0.3 is 19.3 Å². The van der Waals surface area contributed by atoms with Crippen molar-refractivity contribution in [2.75, 3.05) is 33.4 Å². The number of carbonyl (C=O) groups is 1. The summed E-state index contributed by atoms with van der Waals surface area (Å²) in [5.41, 5.74) is 1.92. The Labute approximate surface area is 157 Å². The van der Waals surface area contributed by atoms with Crippen LogP contribution in [0.3, 0.4) is 0 Å². The Morgan fingerprint density at radius 2 is 2.07 bits per heavy atom. The van der Waals surface area contributed by atoms with E-state index in [9.17, 15) is 9.90 Å². The minimum absolute atomic E-state index is 0.0839. The lowest BCUT2D eigenvalue weighted by Crippen LogP contribution is -2.23. The quantitative estimate of drug-likeness (QED) is 0.864. The van der Waals surface area contributed by atoms with Gasteiger partial charge in [-0.2, -0.15) is 0 Å². The Morgan fingerprint density at radius 3 is 2.74 bits per heavy atom. The van der Waals surface area contributed by atoms with Crippen LogP contribution in [0.5, 0.6) is 17.2 Å². The molecule has 0 unspecified atom stereocenters. The number of hydrogen-bond acceptors (Lipinski definition) is 6. The molecule has 4 rings (SSSR count). The Balaban J connectivity index is 1.57. The largest absolute Gasteiger partial charge is 0.496 e. The standard InChI is InChI=1S/C20H22N2O5/c1-25-17-8-19-18(26-5-6-27-19)7-14(17)10-22-11-15(16(12-22)20(23)24)13-3-2-4-21-9-13/h2-4,7-9,15-16H,5-6,10-12H2,1H3,(H,23,24)/t15-,16+/m1/s1. The second-order valence-electron chi connectivity index (χ2n) is 6.84. The first-order valence-corrected chi connectivity index (χ1v) is 8.97. The lowest BCUT2D eigenvalue weighted by Gasteiger charge is -2.23. The summed E-state index contributed by atoms with van der Waals surface area (Å²) in [6, 6.07) is 7.57. The molecule has 1 fully saturated rings. The van der Waals surface area contributed by atoms with E-state index >= 15 is 0 Å². The molecular weight excluding hydrogens is 348 g/mol. The number of ether oxygens (including phenoxy) is 3. The van der Waals surface area contributed by atoms with Gasteiger partial charge in [0.1, 0.15) is 19.0 Å². The molecule has 142 valence electrons. The first kappa shape index (κ1) is 17.6. The molecule has 1 saturated heterocycles. The van der Waals surface area contributed by atoms with E-state index in [2.05, 4.69) is 9.88 Å². The Morgan fingerprint density at radius 1 is 1.30 bits per heavy atom. The third-order valence-corrected chi connectivity index (χ3v) is 5.16. The fraction of sp³-hybridized carbons (Fsp3) is 0.400. The molecule has 27 heavy (non-hydrogen) atoms. The van der Waals surface area contributed by atoms with Crippen molar-refractivity contribution in [2.45, 2.75) is 12.5 Å². The van der Waals surface area contributed by atoms with Crippen molar-refractivity contribution < 1.29 is 24.1 Å². The lowest BCUT2D eigenvalue weighted by molar-refractivity contribution is -0.141. The van der Waals surface area contributed by atoms with Crippen molar-refractivity contribution in [2.24, 2.45) is 5.92 Å². The molecule has 0 radical (unpaired) electrons. The van der Waals surface area contributed by atoms with Gasteiger partial charge in [0, 0.05) is 49.6 Å². The Bertz CT molecular complexity index is 827. The second kappa shape index (κ2) is 7.44. The average molecular weight is 370 g/mol. The molecule has 7 nitrogen and oxygen atoms in total. The van der Waals surface area contributed by atoms with Gasteiger partial charge in [-0.15, -0.1) is 0 Å². The van der Waals surface area contributed by atoms with Crippen LogP contribution in [0.2, 0.25) is 0 Å². The Hall–Kier alpha value is -2.80. The van der Waals surface area contributed by atoms with Crippen molar-refractivity contribution in [1.82, 2.24) is 9.88 Å². The zero-order chi connectivity index (χ0) is 18.8. The predicted molar refractivity (Wildman–Crippen MR) is 97.4 cm³/mol. The van der Waals surface area contributed by atoms with Gasteiger partial charge in [-0.05, 0) is 17.7 Å². The molecule has 1 N–H and O–H groups in total. The number of rotatable bonds is 5. The zero-order valence-electron chi connectivity index (χ0n) is 15.1. The van der Waals surface area contributed by atoms with E-state index in [-0.39, 0.29) is 5.92 Å². The molecule has 0 amide bonds. The number of aromatic nitrogens is 1. The van der Waals surface area contributed by atoms with Crippen LogP contribution in [0.1, 0.15) is 17.0 Å². The first-order valence-electron chi connectivity index (χ1n) is 8.97. The fourth-order valence-electron chi connectivity index (χ4n) is 3.86. The van der Waals surface area contributed by atoms with Crippen LogP contribution in [0.25, 0.3) is 0 Å². The molecular formula is C20H22N2O5. The minimum atomic E-state index is -0.777. The van der Waals surface area contributed by atoms with Crippen LogP contribution >= 0.6 is 0 Å². The maximum atomic E-state index is 11.8. The Kier molecular flexibility index (Phi) is 4.85. The molecule has 1 aromatic heterocycles. The number of carboxylic acids is 1. The number of carboxylic acid groups (broad SMARTS) is 1. The number of pyridine rings is 1. The molecule has 1 aromatic carbocycles. The van der Waals surface area contributed by atoms with Gasteiger partial charge in [0.15, 0.2) is 11.5 Å². The highest BCUT2D eigenvalue weighted by Crippen LogP contribution is 2.39. The highest BCUT2D eigenvalue weighted by Gasteiger charge is 2.38. The lowest BCUT2D eigenvalue weighted by atomic mass is 9.90. The van der Waals surface area contributed by atoms with Crippen molar-refractivity contribution in [1.29, 1.82) is 0 Å². The van der Waals surface area contributed by atoms with Crippen LogP contribution in [0.4, 0.5) is 0 Å². The molecule has 7 heteroatoms. The first-order chi connectivity index (χ1) is 13.2. The summed E-state index contributed by atoms with van der Waals surface area (Å²) in [6.07, 6.45) is 3.46. The highest BCUT2D eigenvalue weighted by molar-refractivity contribution is 5.72. The van der Waals surface area contributed by atoms with E-state index in [4.69, 9.17) is 14.2 Å². The van der Waals surface area contributed by atoms with Crippen LogP contribution < -0.4 is 14.2 Å². The maximum Gasteiger partial charge on any atom is 0.308 e. The summed E-state index contributed by atoms with van der Waals surface area (Å²) in [7, 11) is 1.62. The SMILES string of the molecule is COc1cc2c(cc1CN1C[C@H](C(=O)O)[C@@H](c3cccnc3)C1)OCCO2. The third-order valence-electron chi connectivity index (χ3n) is 5.16. The van der Waals surface area contributed by atoms with E-state index < -0.39 is 11.9 Å². The number of benzene rings is 1. The topological polar surface area (TPSA) is 81.1 Å². The fourth-order valence-corrected chi connectivity index (χ4v) is 3.86. The number of aliphatic carboxylic acids is 1. The number of likely N-dealkylation sites (tertiary alicyclic amines) is 1. The normalized spacial score (nSPS) is 21.8. The summed E-state index contributed by atoms with van der Waals surface area (Å²) in [4.78, 5) is 18.1. The number of hydrogen-bond donors (Lipinski definition) is 1. The van der Waals surface area contributed by atoms with Crippen molar-refractivity contribution in [3.8, 4) is 17.2 Å². The molecule has 2 aliphatic heterocycles. The van der Waals surface area contributed by atoms with Gasteiger partial charge in [-0.3, -0.25) is 14.7 Å². The van der Waals surface area contributed by atoms with Gasteiger partial charge in [0.25, 0.3) is 0 Å². The van der Waals surface area contributed by atoms with E-state index in [0.717, 1.165) is 16.9 Å². The molecule has 0 aliphatic carbocycles. The van der Waals surface area contributed by atoms with Crippen LogP contribution in [-0.2, 0) is 11.3 Å².